The smallest absolute Gasteiger partial charge is 0.232 e. The van der Waals surface area contributed by atoms with Crippen molar-refractivity contribution in [1.29, 1.82) is 5.26 Å². The first-order valence-corrected chi connectivity index (χ1v) is 9.34. The van der Waals surface area contributed by atoms with Crippen molar-refractivity contribution in [3.63, 3.8) is 0 Å². The molecule has 0 N–H and O–H groups in total. The molecule has 27 heavy (non-hydrogen) atoms. The third-order valence-corrected chi connectivity index (χ3v) is 5.05. The van der Waals surface area contributed by atoms with E-state index < -0.39 is 0 Å². The number of fused-ring (bicyclic) bond motifs is 1. The summed E-state index contributed by atoms with van der Waals surface area (Å²) in [7, 11) is 1.68. The van der Waals surface area contributed by atoms with Gasteiger partial charge in [-0.3, -0.25) is 4.79 Å². The van der Waals surface area contributed by atoms with Crippen LogP contribution in [0.1, 0.15) is 6.42 Å². The van der Waals surface area contributed by atoms with Crippen LogP contribution in [0.3, 0.4) is 0 Å². The van der Waals surface area contributed by atoms with Gasteiger partial charge in [0.15, 0.2) is 0 Å². The van der Waals surface area contributed by atoms with Crippen LogP contribution >= 0.6 is 11.8 Å². The van der Waals surface area contributed by atoms with Crippen molar-refractivity contribution in [3.05, 3.63) is 54.3 Å². The number of amides is 1. The Morgan fingerprint density at radius 3 is 2.56 bits per heavy atom. The Morgan fingerprint density at radius 1 is 1.15 bits per heavy atom. The van der Waals surface area contributed by atoms with Gasteiger partial charge in [-0.15, -0.1) is 10.2 Å². The number of carbonyl (C=O) groups is 1. The van der Waals surface area contributed by atoms with E-state index in [2.05, 4.69) is 10.2 Å². The molecule has 0 spiro atoms. The monoisotopic (exact) mass is 380 g/mol. The number of nitriles is 1. The minimum Gasteiger partial charge on any atom is -0.344 e. The van der Waals surface area contributed by atoms with Crippen molar-refractivity contribution < 1.29 is 9.18 Å². The fourth-order valence-corrected chi connectivity index (χ4v) is 3.50. The number of nitrogens with zero attached hydrogens (tertiary/aromatic N) is 4. The second-order valence-corrected chi connectivity index (χ2v) is 6.88. The summed E-state index contributed by atoms with van der Waals surface area (Å²) in [6, 6.07) is 15.8. The molecule has 0 aliphatic heterocycles. The molecule has 0 aliphatic rings. The largest absolute Gasteiger partial charge is 0.344 e. The van der Waals surface area contributed by atoms with Crippen LogP contribution in [0.2, 0.25) is 0 Å². The van der Waals surface area contributed by atoms with Crippen LogP contribution in [0, 0.1) is 17.1 Å². The number of hydrogen-bond acceptors (Lipinski definition) is 5. The number of carbonyl (C=O) groups excluding carboxylic acids is 1. The molecule has 7 heteroatoms. The van der Waals surface area contributed by atoms with Crippen LogP contribution in [-0.2, 0) is 4.79 Å². The van der Waals surface area contributed by atoms with Gasteiger partial charge in [-0.2, -0.15) is 5.26 Å². The average Bonchev–Trinajstić information content (AvgIpc) is 2.70. The Balaban J connectivity index is 1.86. The molecule has 0 atom stereocenters. The number of halogens is 1. The minimum absolute atomic E-state index is 0.0660. The van der Waals surface area contributed by atoms with Crippen molar-refractivity contribution in [2.75, 3.05) is 19.3 Å². The number of aromatic nitrogens is 2. The van der Waals surface area contributed by atoms with E-state index in [0.717, 1.165) is 16.3 Å². The Labute approximate surface area is 160 Å². The highest BCUT2D eigenvalue weighted by atomic mass is 32.2. The highest BCUT2D eigenvalue weighted by Gasteiger charge is 2.14. The standard InChI is InChI=1S/C20H17FN4OS/c1-25(12-4-11-22)18(26)13-27-20-17-6-3-2-5-16(17)19(23-24-20)14-7-9-15(21)10-8-14/h2-3,5-10H,4,12-13H2,1H3. The summed E-state index contributed by atoms with van der Waals surface area (Å²) in [5.41, 5.74) is 1.45. The van der Waals surface area contributed by atoms with E-state index in [1.807, 2.05) is 30.3 Å². The third kappa shape index (κ3) is 4.41. The Hall–Kier alpha value is -2.98. The molecule has 3 aromatic rings. The Kier molecular flexibility index (Phi) is 5.99. The van der Waals surface area contributed by atoms with Crippen molar-refractivity contribution in [1.82, 2.24) is 15.1 Å². The van der Waals surface area contributed by atoms with E-state index in [-0.39, 0.29) is 17.5 Å². The fourth-order valence-electron chi connectivity index (χ4n) is 2.59. The van der Waals surface area contributed by atoms with Crippen LogP contribution in [0.15, 0.2) is 53.6 Å². The summed E-state index contributed by atoms with van der Waals surface area (Å²) in [4.78, 5) is 13.7. The molecular formula is C20H17FN4OS. The molecule has 5 nitrogen and oxygen atoms in total. The molecule has 0 fully saturated rings. The summed E-state index contributed by atoms with van der Waals surface area (Å²) in [5, 5.41) is 19.7. The van der Waals surface area contributed by atoms with Gasteiger partial charge in [-0.25, -0.2) is 4.39 Å². The van der Waals surface area contributed by atoms with Gasteiger partial charge >= 0.3 is 0 Å². The maximum atomic E-state index is 13.2. The fraction of sp³-hybridized carbons (Fsp3) is 0.200. The Morgan fingerprint density at radius 2 is 1.85 bits per heavy atom. The van der Waals surface area contributed by atoms with Gasteiger partial charge in [-0.05, 0) is 24.3 Å². The first kappa shape index (κ1) is 18.8. The summed E-state index contributed by atoms with van der Waals surface area (Å²) in [5.74, 6) is -0.151. The highest BCUT2D eigenvalue weighted by Crippen LogP contribution is 2.31. The van der Waals surface area contributed by atoms with Crippen LogP contribution in [-0.4, -0.2) is 40.3 Å². The van der Waals surface area contributed by atoms with Gasteiger partial charge in [0.1, 0.15) is 16.5 Å². The molecule has 136 valence electrons. The highest BCUT2D eigenvalue weighted by molar-refractivity contribution is 8.00. The number of rotatable bonds is 6. The molecule has 2 aromatic carbocycles. The quantitative estimate of drug-likeness (QED) is 0.607. The zero-order chi connectivity index (χ0) is 19.2. The summed E-state index contributed by atoms with van der Waals surface area (Å²) in [6.07, 6.45) is 0.308. The van der Waals surface area contributed by atoms with Crippen molar-refractivity contribution in [2.24, 2.45) is 0 Å². The van der Waals surface area contributed by atoms with Crippen LogP contribution in [0.4, 0.5) is 4.39 Å². The minimum atomic E-state index is -0.303. The molecule has 0 aliphatic carbocycles. The van der Waals surface area contributed by atoms with E-state index in [1.54, 1.807) is 24.1 Å². The van der Waals surface area contributed by atoms with Crippen LogP contribution in [0.25, 0.3) is 22.0 Å². The molecular weight excluding hydrogens is 363 g/mol. The van der Waals surface area contributed by atoms with Gasteiger partial charge in [-0.1, -0.05) is 36.0 Å². The van der Waals surface area contributed by atoms with E-state index in [4.69, 9.17) is 5.26 Å². The molecule has 0 saturated heterocycles. The van der Waals surface area contributed by atoms with Gasteiger partial charge in [0.2, 0.25) is 5.91 Å². The molecule has 3 rings (SSSR count). The van der Waals surface area contributed by atoms with E-state index in [1.165, 1.54) is 23.9 Å². The summed E-state index contributed by atoms with van der Waals surface area (Å²) < 4.78 is 13.2. The predicted octanol–water partition coefficient (Wildman–Crippen LogP) is 3.90. The molecule has 0 bridgehead atoms. The lowest BCUT2D eigenvalue weighted by Crippen LogP contribution is -2.29. The summed E-state index contributed by atoms with van der Waals surface area (Å²) >= 11 is 1.32. The molecule has 1 amide bonds. The summed E-state index contributed by atoms with van der Waals surface area (Å²) in [6.45, 7) is 0.409. The second-order valence-electron chi connectivity index (χ2n) is 5.92. The molecule has 0 saturated carbocycles. The third-order valence-electron chi connectivity index (χ3n) is 4.09. The zero-order valence-corrected chi connectivity index (χ0v) is 15.5. The lowest BCUT2D eigenvalue weighted by molar-refractivity contribution is -0.127. The first-order valence-electron chi connectivity index (χ1n) is 8.35. The van der Waals surface area contributed by atoms with Crippen molar-refractivity contribution in [3.8, 4) is 17.3 Å². The molecule has 1 aromatic heterocycles. The number of hydrogen-bond donors (Lipinski definition) is 0. The normalized spacial score (nSPS) is 10.6. The Bertz CT molecular complexity index is 1000. The van der Waals surface area contributed by atoms with E-state index in [9.17, 15) is 9.18 Å². The van der Waals surface area contributed by atoms with Gasteiger partial charge in [0.05, 0.1) is 18.2 Å². The zero-order valence-electron chi connectivity index (χ0n) is 14.7. The topological polar surface area (TPSA) is 69.9 Å². The molecule has 0 unspecified atom stereocenters. The van der Waals surface area contributed by atoms with Gasteiger partial charge < -0.3 is 4.90 Å². The lowest BCUT2D eigenvalue weighted by atomic mass is 10.1. The first-order chi connectivity index (χ1) is 13.1. The molecule has 1 heterocycles. The lowest BCUT2D eigenvalue weighted by Gasteiger charge is -2.15. The molecule has 0 radical (unpaired) electrons. The SMILES string of the molecule is CN(CCC#N)C(=O)CSc1nnc(-c2ccc(F)cc2)c2ccccc12. The van der Waals surface area contributed by atoms with Gasteiger partial charge in [0, 0.05) is 29.9 Å². The van der Waals surface area contributed by atoms with Crippen molar-refractivity contribution in [2.45, 2.75) is 11.4 Å². The van der Waals surface area contributed by atoms with E-state index >= 15 is 0 Å². The van der Waals surface area contributed by atoms with E-state index in [0.29, 0.717) is 23.7 Å². The van der Waals surface area contributed by atoms with Gasteiger partial charge in [0.25, 0.3) is 0 Å². The number of benzene rings is 2. The second kappa shape index (κ2) is 8.60. The maximum Gasteiger partial charge on any atom is 0.232 e. The average molecular weight is 380 g/mol. The van der Waals surface area contributed by atoms with Crippen LogP contribution in [0.5, 0.6) is 0 Å². The van der Waals surface area contributed by atoms with Crippen molar-refractivity contribution >= 4 is 28.4 Å². The predicted molar refractivity (Wildman–Crippen MR) is 104 cm³/mol. The maximum absolute atomic E-state index is 13.2. The number of thioether (sulfide) groups is 1. The van der Waals surface area contributed by atoms with Crippen LogP contribution < -0.4 is 0 Å².